The van der Waals surface area contributed by atoms with Crippen LogP contribution >= 0.6 is 0 Å². The number of nitrogen functional groups attached to an aromatic ring is 1. The van der Waals surface area contributed by atoms with Gasteiger partial charge in [0.1, 0.15) is 17.4 Å². The van der Waals surface area contributed by atoms with E-state index >= 15 is 0 Å². The molecule has 30 heavy (non-hydrogen) atoms. The number of hydrogen-bond acceptors (Lipinski definition) is 4. The number of nitrogens with two attached hydrogens (primary N) is 2. The molecular weight excluding hydrogens is 383 g/mol. The van der Waals surface area contributed by atoms with E-state index in [4.69, 9.17) is 11.5 Å². The zero-order valence-corrected chi connectivity index (χ0v) is 16.2. The van der Waals surface area contributed by atoms with E-state index in [9.17, 15) is 14.3 Å². The second kappa shape index (κ2) is 7.44. The summed E-state index contributed by atoms with van der Waals surface area (Å²) in [7, 11) is 0. The van der Waals surface area contributed by atoms with Crippen LogP contribution in [0.4, 0.5) is 10.2 Å². The van der Waals surface area contributed by atoms with Crippen molar-refractivity contribution >= 4 is 23.5 Å². The Morgan fingerprint density at radius 1 is 1.20 bits per heavy atom. The molecule has 0 saturated carbocycles. The Morgan fingerprint density at radius 2 is 1.93 bits per heavy atom. The monoisotopic (exact) mass is 404 g/mol. The van der Waals surface area contributed by atoms with E-state index in [1.54, 1.807) is 36.4 Å². The molecule has 0 bridgehead atoms. The van der Waals surface area contributed by atoms with Gasteiger partial charge in [-0.2, -0.15) is 0 Å². The van der Waals surface area contributed by atoms with Crippen molar-refractivity contribution in [1.29, 1.82) is 0 Å². The second-order valence-corrected chi connectivity index (χ2v) is 7.12. The number of phenols is 1. The standard InChI is InChI=1S/C23H21FN4O2/c1-2-22(30)28-11-16-14(7-8-18(24)17(16)12-28)20-10-13(23(26)27-20)9-19(25)15-5-3-4-6-21(15)29/h2-10,27,29H,1,11-12,25-26H2/b19-9-. The van der Waals surface area contributed by atoms with Crippen LogP contribution in [-0.4, -0.2) is 20.9 Å². The molecule has 1 amide bonds. The highest BCUT2D eigenvalue weighted by molar-refractivity contribution is 5.89. The molecule has 0 saturated heterocycles. The van der Waals surface area contributed by atoms with Gasteiger partial charge >= 0.3 is 0 Å². The van der Waals surface area contributed by atoms with Gasteiger partial charge in [0, 0.05) is 46.7 Å². The lowest BCUT2D eigenvalue weighted by atomic mass is 10.00. The van der Waals surface area contributed by atoms with Crippen molar-refractivity contribution < 1.29 is 14.3 Å². The molecule has 1 aromatic heterocycles. The first-order valence-corrected chi connectivity index (χ1v) is 9.35. The van der Waals surface area contributed by atoms with E-state index in [-0.39, 0.29) is 30.6 Å². The Morgan fingerprint density at radius 3 is 2.67 bits per heavy atom. The van der Waals surface area contributed by atoms with Crippen LogP contribution in [0.2, 0.25) is 0 Å². The van der Waals surface area contributed by atoms with E-state index < -0.39 is 0 Å². The van der Waals surface area contributed by atoms with Gasteiger partial charge in [-0.1, -0.05) is 18.7 Å². The van der Waals surface area contributed by atoms with Gasteiger partial charge in [-0.05, 0) is 48.0 Å². The highest BCUT2D eigenvalue weighted by atomic mass is 19.1. The molecule has 0 atom stereocenters. The number of anilines is 1. The number of nitrogens with zero attached hydrogens (tertiary/aromatic N) is 1. The van der Waals surface area contributed by atoms with E-state index in [0.29, 0.717) is 33.9 Å². The van der Waals surface area contributed by atoms with Gasteiger partial charge < -0.3 is 26.5 Å². The molecule has 1 aliphatic heterocycles. The Bertz CT molecular complexity index is 1200. The molecule has 6 nitrogen and oxygen atoms in total. The van der Waals surface area contributed by atoms with Gasteiger partial charge in [-0.15, -0.1) is 0 Å². The minimum absolute atomic E-state index is 0.0731. The normalized spacial score (nSPS) is 13.4. The Hall–Kier alpha value is -4.00. The Balaban J connectivity index is 1.73. The lowest BCUT2D eigenvalue weighted by Gasteiger charge is -2.12. The zero-order valence-electron chi connectivity index (χ0n) is 16.2. The predicted molar refractivity (Wildman–Crippen MR) is 115 cm³/mol. The first kappa shape index (κ1) is 19.3. The van der Waals surface area contributed by atoms with Gasteiger partial charge in [0.2, 0.25) is 5.91 Å². The molecule has 2 aromatic carbocycles. The summed E-state index contributed by atoms with van der Waals surface area (Å²) in [5, 5.41) is 10.00. The van der Waals surface area contributed by atoms with Crippen molar-refractivity contribution in [3.63, 3.8) is 0 Å². The maximum atomic E-state index is 14.4. The fourth-order valence-electron chi connectivity index (χ4n) is 3.70. The van der Waals surface area contributed by atoms with Crippen LogP contribution in [0.5, 0.6) is 5.75 Å². The van der Waals surface area contributed by atoms with Crippen molar-refractivity contribution in [3.05, 3.63) is 83.2 Å². The van der Waals surface area contributed by atoms with Crippen molar-refractivity contribution in [1.82, 2.24) is 9.88 Å². The predicted octanol–water partition coefficient (Wildman–Crippen LogP) is 3.59. The minimum atomic E-state index is -0.350. The number of H-pyrrole nitrogens is 1. The molecule has 0 spiro atoms. The number of phenolic OH excluding ortho intramolecular Hbond substituents is 1. The van der Waals surface area contributed by atoms with Crippen LogP contribution < -0.4 is 11.5 Å². The number of aromatic hydroxyl groups is 1. The number of nitrogens with one attached hydrogen (secondary N) is 1. The molecule has 1 aliphatic rings. The molecule has 6 N–H and O–H groups in total. The van der Waals surface area contributed by atoms with Crippen LogP contribution in [0, 0.1) is 5.82 Å². The molecular formula is C23H21FN4O2. The van der Waals surface area contributed by atoms with Crippen molar-refractivity contribution in [3.8, 4) is 17.0 Å². The van der Waals surface area contributed by atoms with Crippen LogP contribution in [-0.2, 0) is 17.9 Å². The summed E-state index contributed by atoms with van der Waals surface area (Å²) in [4.78, 5) is 16.6. The molecule has 4 rings (SSSR count). The second-order valence-electron chi connectivity index (χ2n) is 7.12. The molecule has 7 heteroatoms. The average Bonchev–Trinajstić information content (AvgIpc) is 3.33. The van der Waals surface area contributed by atoms with Gasteiger partial charge in [0.15, 0.2) is 0 Å². The number of carbonyl (C=O) groups is 1. The first-order valence-electron chi connectivity index (χ1n) is 9.35. The summed E-state index contributed by atoms with van der Waals surface area (Å²) in [6.45, 7) is 3.99. The number of carbonyl (C=O) groups excluding carboxylic acids is 1. The molecule has 0 fully saturated rings. The van der Waals surface area contributed by atoms with Crippen LogP contribution in [0.15, 0.2) is 55.1 Å². The molecule has 152 valence electrons. The number of fused-ring (bicyclic) bond motifs is 1. The zero-order chi connectivity index (χ0) is 21.4. The molecule has 2 heterocycles. The molecule has 0 radical (unpaired) electrons. The number of para-hydroxylation sites is 1. The lowest BCUT2D eigenvalue weighted by molar-refractivity contribution is -0.126. The smallest absolute Gasteiger partial charge is 0.246 e. The fourth-order valence-corrected chi connectivity index (χ4v) is 3.70. The van der Waals surface area contributed by atoms with Crippen molar-refractivity contribution in [2.45, 2.75) is 13.1 Å². The number of halogens is 1. The number of aromatic nitrogens is 1. The lowest BCUT2D eigenvalue weighted by Crippen LogP contribution is -2.22. The van der Waals surface area contributed by atoms with Crippen LogP contribution in [0.25, 0.3) is 23.0 Å². The van der Waals surface area contributed by atoms with Crippen LogP contribution in [0.1, 0.15) is 22.3 Å². The summed E-state index contributed by atoms with van der Waals surface area (Å²) < 4.78 is 14.4. The third kappa shape index (κ3) is 3.30. The van der Waals surface area contributed by atoms with E-state index in [1.165, 1.54) is 17.0 Å². The molecule has 3 aromatic rings. The Kier molecular flexibility index (Phi) is 4.79. The maximum absolute atomic E-state index is 14.4. The number of hydrogen-bond donors (Lipinski definition) is 4. The van der Waals surface area contributed by atoms with Gasteiger partial charge in [-0.25, -0.2) is 4.39 Å². The number of amides is 1. The molecule has 0 unspecified atom stereocenters. The topological polar surface area (TPSA) is 108 Å². The maximum Gasteiger partial charge on any atom is 0.246 e. The fraction of sp³-hybridized carbons (Fsp3) is 0.0870. The molecule has 0 aliphatic carbocycles. The quantitative estimate of drug-likeness (QED) is 0.498. The van der Waals surface area contributed by atoms with Crippen molar-refractivity contribution in [2.24, 2.45) is 5.73 Å². The largest absolute Gasteiger partial charge is 0.507 e. The van der Waals surface area contributed by atoms with Gasteiger partial charge in [0.05, 0.1) is 0 Å². The van der Waals surface area contributed by atoms with Gasteiger partial charge in [0.25, 0.3) is 0 Å². The average molecular weight is 404 g/mol. The van der Waals surface area contributed by atoms with Crippen molar-refractivity contribution in [2.75, 3.05) is 5.73 Å². The number of benzene rings is 2. The summed E-state index contributed by atoms with van der Waals surface area (Å²) >= 11 is 0. The summed E-state index contributed by atoms with van der Waals surface area (Å²) in [6, 6.07) is 11.6. The number of rotatable bonds is 4. The van der Waals surface area contributed by atoms with Crippen LogP contribution in [0.3, 0.4) is 0 Å². The SMILES string of the molecule is C=CC(=O)N1Cc2c(F)ccc(-c3cc(/C=C(\N)c4ccccc4O)c(N)[nH]3)c2C1. The highest BCUT2D eigenvalue weighted by Gasteiger charge is 2.28. The first-order chi connectivity index (χ1) is 14.4. The minimum Gasteiger partial charge on any atom is -0.507 e. The summed E-state index contributed by atoms with van der Waals surface area (Å²) in [5.74, 6) is -0.138. The van der Waals surface area contributed by atoms with Gasteiger partial charge in [-0.3, -0.25) is 4.79 Å². The number of aromatic amines is 1. The summed E-state index contributed by atoms with van der Waals surface area (Å²) in [6.07, 6.45) is 2.89. The third-order valence-corrected chi connectivity index (χ3v) is 5.25. The Labute approximate surface area is 172 Å². The summed E-state index contributed by atoms with van der Waals surface area (Å²) in [5.41, 5.74) is 16.5. The van der Waals surface area contributed by atoms with E-state index in [0.717, 1.165) is 11.1 Å². The van der Waals surface area contributed by atoms with E-state index in [2.05, 4.69) is 11.6 Å². The third-order valence-electron chi connectivity index (χ3n) is 5.25. The highest BCUT2D eigenvalue weighted by Crippen LogP contribution is 2.36. The van der Waals surface area contributed by atoms with E-state index in [1.807, 2.05) is 6.07 Å².